The van der Waals surface area contributed by atoms with E-state index in [2.05, 4.69) is 170 Å². The first kappa shape index (κ1) is 25.4. The van der Waals surface area contributed by atoms with E-state index in [1.807, 2.05) is 0 Å². The molecule has 0 saturated heterocycles. The summed E-state index contributed by atoms with van der Waals surface area (Å²) < 4.78 is 9.11. The van der Waals surface area contributed by atoms with Gasteiger partial charge in [-0.2, -0.15) is 0 Å². The number of rotatable bonds is 7. The van der Waals surface area contributed by atoms with Gasteiger partial charge in [-0.15, -0.1) is 0 Å². The van der Waals surface area contributed by atoms with E-state index < -0.39 is 43.5 Å². The van der Waals surface area contributed by atoms with Gasteiger partial charge in [0, 0.05) is 0 Å². The van der Waals surface area contributed by atoms with Gasteiger partial charge in [-0.3, -0.25) is 0 Å². The summed E-state index contributed by atoms with van der Waals surface area (Å²) in [4.78, 5) is 0. The van der Waals surface area contributed by atoms with Crippen LogP contribution in [0.1, 0.15) is 0 Å². The molecule has 0 atom stereocenters. The van der Waals surface area contributed by atoms with Crippen LogP contribution >= 0.6 is 0 Å². The fourth-order valence-electron chi connectivity index (χ4n) is 4.81. The summed E-state index contributed by atoms with van der Waals surface area (Å²) in [5.74, 6) is 0. The van der Waals surface area contributed by atoms with Gasteiger partial charge in [0.25, 0.3) is 0 Å². The minimum absolute atomic E-state index is 1.29. The summed E-state index contributed by atoms with van der Waals surface area (Å²) in [5, 5.41) is 0. The average molecular weight is 879 g/mol. The molecule has 2 heteroatoms. The Kier molecular flexibility index (Phi) is 8.21. The molecule has 0 aliphatic rings. The molecule has 0 aliphatic heterocycles. The fourth-order valence-corrected chi connectivity index (χ4v) is 22.6. The first-order chi connectivity index (χ1) is 18.9. The molecule has 6 aromatic carbocycles. The Morgan fingerprint density at radius 2 is 0.421 bits per heavy atom. The molecule has 0 saturated carbocycles. The van der Waals surface area contributed by atoms with Crippen LogP contribution in [0.3, 0.4) is 0 Å². The standard InChI is InChI=1S/C12H8.4C6H5.2Bi/c1-3-7-11(8-4-1)12-9-5-2-6-10-12;4*1-2-4-6-5-3-1;;/h3-10H;4*1-5H;;. The average Bonchev–Trinajstić information content (AvgIpc) is 3.00. The van der Waals surface area contributed by atoms with Gasteiger partial charge < -0.3 is 0 Å². The third-order valence-electron chi connectivity index (χ3n) is 6.64. The van der Waals surface area contributed by atoms with Crippen molar-refractivity contribution in [3.05, 3.63) is 170 Å². The molecule has 0 unspecified atom stereocenters. The zero-order valence-corrected chi connectivity index (χ0v) is 28.0. The van der Waals surface area contributed by atoms with E-state index >= 15 is 0 Å². The topological polar surface area (TPSA) is 0 Å². The van der Waals surface area contributed by atoms with Crippen LogP contribution in [0.25, 0.3) is 11.1 Å². The Bertz CT molecular complexity index is 1360. The first-order valence-electron chi connectivity index (χ1n) is 12.9. The Morgan fingerprint density at radius 3 is 0.658 bits per heavy atom. The van der Waals surface area contributed by atoms with E-state index in [0.717, 1.165) is 0 Å². The zero-order valence-electron chi connectivity index (χ0n) is 21.1. The molecule has 6 aromatic rings. The van der Waals surface area contributed by atoms with Crippen LogP contribution in [0.4, 0.5) is 0 Å². The van der Waals surface area contributed by atoms with E-state index in [1.165, 1.54) is 30.8 Å². The molecule has 0 bridgehead atoms. The van der Waals surface area contributed by atoms with Crippen molar-refractivity contribution in [2.75, 3.05) is 0 Å². The quantitative estimate of drug-likeness (QED) is 0.209. The normalized spacial score (nSPS) is 11.1. The Balaban J connectivity index is 1.31. The molecule has 38 heavy (non-hydrogen) atoms. The van der Waals surface area contributed by atoms with Gasteiger partial charge in [-0.05, 0) is 0 Å². The Hall–Kier alpha value is -2.91. The van der Waals surface area contributed by atoms with Crippen LogP contribution in [0, 0.1) is 0 Å². The molecule has 0 N–H and O–H groups in total. The van der Waals surface area contributed by atoms with Crippen molar-refractivity contribution >= 4 is 63.1 Å². The predicted molar refractivity (Wildman–Crippen MR) is 167 cm³/mol. The minimum atomic E-state index is -2.31. The molecule has 0 heterocycles. The second kappa shape index (κ2) is 12.3. The van der Waals surface area contributed by atoms with Gasteiger partial charge in [-0.1, -0.05) is 0 Å². The number of benzene rings is 6. The third-order valence-corrected chi connectivity index (χ3v) is 25.6. The fraction of sp³-hybridized carbons (Fsp3) is 0. The molecular weight excluding hydrogens is 850 g/mol. The molecule has 0 aliphatic carbocycles. The van der Waals surface area contributed by atoms with Crippen LogP contribution in [0.15, 0.2) is 170 Å². The van der Waals surface area contributed by atoms with Crippen molar-refractivity contribution in [2.24, 2.45) is 0 Å². The van der Waals surface area contributed by atoms with Gasteiger partial charge in [0.05, 0.1) is 0 Å². The summed E-state index contributed by atoms with van der Waals surface area (Å²) in [6.45, 7) is 0. The van der Waals surface area contributed by atoms with Crippen LogP contribution in [-0.2, 0) is 0 Å². The van der Waals surface area contributed by atoms with Crippen LogP contribution in [0.2, 0.25) is 0 Å². The zero-order chi connectivity index (χ0) is 25.6. The maximum atomic E-state index is 2.39. The van der Waals surface area contributed by atoms with Gasteiger partial charge in [0.1, 0.15) is 0 Å². The second-order valence-corrected chi connectivity index (χ2v) is 26.4. The van der Waals surface area contributed by atoms with Gasteiger partial charge in [0.15, 0.2) is 0 Å². The van der Waals surface area contributed by atoms with Gasteiger partial charge in [0.2, 0.25) is 0 Å². The Morgan fingerprint density at radius 1 is 0.211 bits per heavy atom. The van der Waals surface area contributed by atoms with Gasteiger partial charge >= 0.3 is 244 Å². The molecule has 182 valence electrons. The monoisotopic (exact) mass is 878 g/mol. The summed E-state index contributed by atoms with van der Waals surface area (Å²) in [6, 6.07) is 63.3. The molecule has 0 nitrogen and oxygen atoms in total. The summed E-state index contributed by atoms with van der Waals surface area (Å²) in [5.41, 5.74) is 2.58. The van der Waals surface area contributed by atoms with E-state index in [0.29, 0.717) is 0 Å². The molecule has 0 fully saturated rings. The second-order valence-electron chi connectivity index (χ2n) is 9.11. The van der Waals surface area contributed by atoms with Crippen molar-refractivity contribution in [3.8, 4) is 11.1 Å². The van der Waals surface area contributed by atoms with E-state index in [4.69, 9.17) is 0 Å². The predicted octanol–water partition coefficient (Wildman–Crippen LogP) is 4.39. The summed E-state index contributed by atoms with van der Waals surface area (Å²) >= 11 is -4.63. The SMILES string of the molecule is c1cc[c]([Bi]([c]2ccccc2)[c]2ccc(-c3cc[c]([Bi]([c]4ccccc4)[c]4ccccc4)cc3)cc2)cc1. The maximum absolute atomic E-state index is 2.39. The van der Waals surface area contributed by atoms with Crippen molar-refractivity contribution in [1.82, 2.24) is 0 Å². The molecule has 6 rings (SSSR count). The van der Waals surface area contributed by atoms with E-state index in [9.17, 15) is 0 Å². The van der Waals surface area contributed by atoms with Crippen molar-refractivity contribution in [2.45, 2.75) is 0 Å². The van der Waals surface area contributed by atoms with Crippen LogP contribution in [0.5, 0.6) is 0 Å². The van der Waals surface area contributed by atoms with Crippen LogP contribution < -0.4 is 19.6 Å². The van der Waals surface area contributed by atoms with Crippen molar-refractivity contribution in [1.29, 1.82) is 0 Å². The molecule has 0 radical (unpaired) electrons. The molecular formula is C36H28Bi2. The van der Waals surface area contributed by atoms with Gasteiger partial charge in [-0.25, -0.2) is 0 Å². The third kappa shape index (κ3) is 5.73. The molecule has 0 spiro atoms. The molecule has 0 amide bonds. The van der Waals surface area contributed by atoms with Crippen molar-refractivity contribution in [3.63, 3.8) is 0 Å². The Labute approximate surface area is 242 Å². The molecule has 0 aromatic heterocycles. The van der Waals surface area contributed by atoms with Crippen molar-refractivity contribution < 1.29 is 0 Å². The first-order valence-corrected chi connectivity index (χ1v) is 23.3. The number of hydrogen-bond donors (Lipinski definition) is 0. The van der Waals surface area contributed by atoms with E-state index in [-0.39, 0.29) is 0 Å². The van der Waals surface area contributed by atoms with Crippen LogP contribution in [-0.4, -0.2) is 43.5 Å². The number of hydrogen-bond acceptors (Lipinski definition) is 0. The summed E-state index contributed by atoms with van der Waals surface area (Å²) in [7, 11) is 0. The van der Waals surface area contributed by atoms with E-state index in [1.54, 1.807) is 0 Å². The summed E-state index contributed by atoms with van der Waals surface area (Å²) in [6.07, 6.45) is 0.